The lowest BCUT2D eigenvalue weighted by atomic mass is 10.1. The van der Waals surface area contributed by atoms with Crippen LogP contribution >= 0.6 is 0 Å². The van der Waals surface area contributed by atoms with Crippen LogP contribution in [0.4, 0.5) is 0 Å². The molecule has 118 valence electrons. The molecule has 3 aromatic carbocycles. The Bertz CT molecular complexity index is 973. The molecule has 4 rings (SSSR count). The molecule has 1 heteroatoms. The van der Waals surface area contributed by atoms with Gasteiger partial charge in [-0.05, 0) is 37.1 Å². The fourth-order valence-electron chi connectivity index (χ4n) is 3.22. The van der Waals surface area contributed by atoms with Crippen LogP contribution in [0.5, 0.6) is 0 Å². The minimum atomic E-state index is 0.886. The Balaban J connectivity index is 1.86. The van der Waals surface area contributed by atoms with Crippen molar-refractivity contribution >= 4 is 10.9 Å². The largest absolute Gasteiger partial charge is 0.336 e. The summed E-state index contributed by atoms with van der Waals surface area (Å²) < 4.78 is 2.42. The van der Waals surface area contributed by atoms with Crippen LogP contribution in [-0.2, 0) is 6.54 Å². The van der Waals surface area contributed by atoms with Crippen molar-refractivity contribution in [3.63, 3.8) is 0 Å². The lowest BCUT2D eigenvalue weighted by Gasteiger charge is -2.12. The maximum Gasteiger partial charge on any atom is 0.0494 e. The Morgan fingerprint density at radius 3 is 2.04 bits per heavy atom. The molecule has 4 aromatic rings. The minimum absolute atomic E-state index is 0.886. The highest BCUT2D eigenvalue weighted by molar-refractivity contribution is 5.87. The van der Waals surface area contributed by atoms with Gasteiger partial charge in [-0.1, -0.05) is 77.9 Å². The van der Waals surface area contributed by atoms with Crippen LogP contribution in [0.3, 0.4) is 0 Å². The van der Waals surface area contributed by atoms with E-state index in [0.29, 0.717) is 0 Å². The first kappa shape index (κ1) is 14.8. The van der Waals surface area contributed by atoms with Crippen molar-refractivity contribution in [1.29, 1.82) is 0 Å². The number of hydrogen-bond acceptors (Lipinski definition) is 0. The number of nitrogens with zero attached hydrogens (tertiary/aromatic N) is 1. The molecule has 0 aliphatic rings. The van der Waals surface area contributed by atoms with Crippen LogP contribution in [0.1, 0.15) is 16.7 Å². The monoisotopic (exact) mass is 311 g/mol. The van der Waals surface area contributed by atoms with E-state index < -0.39 is 0 Å². The van der Waals surface area contributed by atoms with Crippen LogP contribution in [0, 0.1) is 13.8 Å². The lowest BCUT2D eigenvalue weighted by molar-refractivity contribution is 0.844. The van der Waals surface area contributed by atoms with Crippen molar-refractivity contribution < 1.29 is 0 Å². The molecule has 0 amide bonds. The van der Waals surface area contributed by atoms with Gasteiger partial charge in [0.2, 0.25) is 0 Å². The van der Waals surface area contributed by atoms with Gasteiger partial charge in [0.25, 0.3) is 0 Å². The van der Waals surface area contributed by atoms with Crippen molar-refractivity contribution in [2.75, 3.05) is 0 Å². The first-order valence-electron chi connectivity index (χ1n) is 8.41. The predicted octanol–water partition coefficient (Wildman–Crippen LogP) is 5.97. The zero-order valence-electron chi connectivity index (χ0n) is 14.2. The van der Waals surface area contributed by atoms with Gasteiger partial charge in [0.15, 0.2) is 0 Å². The van der Waals surface area contributed by atoms with Gasteiger partial charge < -0.3 is 4.57 Å². The van der Waals surface area contributed by atoms with Gasteiger partial charge in [-0.25, -0.2) is 0 Å². The molecule has 0 N–H and O–H groups in total. The average molecular weight is 311 g/mol. The molecule has 0 saturated heterocycles. The van der Waals surface area contributed by atoms with Crippen molar-refractivity contribution in [2.45, 2.75) is 20.4 Å². The standard InChI is InChI=1S/C23H21N/c1-17-7-11-19(12-8-17)16-24-22-6-4-3-5-21(22)15-23(24)20-13-9-18(2)10-14-20/h3-15H,16H2,1-2H3. The van der Waals surface area contributed by atoms with Gasteiger partial charge in [-0.3, -0.25) is 0 Å². The maximum atomic E-state index is 2.42. The summed E-state index contributed by atoms with van der Waals surface area (Å²) in [6, 6.07) is 28.6. The molecule has 1 aromatic heterocycles. The smallest absolute Gasteiger partial charge is 0.0494 e. The summed E-state index contributed by atoms with van der Waals surface area (Å²) in [5.41, 5.74) is 7.75. The normalized spacial score (nSPS) is 11.1. The van der Waals surface area contributed by atoms with Crippen LogP contribution in [0.15, 0.2) is 78.9 Å². The Labute approximate surface area is 143 Å². The van der Waals surface area contributed by atoms with Gasteiger partial charge in [0, 0.05) is 23.1 Å². The van der Waals surface area contributed by atoms with E-state index >= 15 is 0 Å². The van der Waals surface area contributed by atoms with Crippen molar-refractivity contribution in [1.82, 2.24) is 4.57 Å². The molecule has 24 heavy (non-hydrogen) atoms. The third-order valence-corrected chi connectivity index (χ3v) is 4.62. The molecule has 0 saturated carbocycles. The second-order valence-corrected chi connectivity index (χ2v) is 6.53. The predicted molar refractivity (Wildman–Crippen MR) is 102 cm³/mol. The third-order valence-electron chi connectivity index (χ3n) is 4.62. The molecule has 0 spiro atoms. The molecule has 0 radical (unpaired) electrons. The number of hydrogen-bond donors (Lipinski definition) is 0. The van der Waals surface area contributed by atoms with Gasteiger partial charge in [0.05, 0.1) is 0 Å². The first-order chi connectivity index (χ1) is 11.7. The summed E-state index contributed by atoms with van der Waals surface area (Å²) >= 11 is 0. The molecule has 0 aliphatic heterocycles. The molecule has 0 atom stereocenters. The molecule has 0 aliphatic carbocycles. The number of aryl methyl sites for hydroxylation is 2. The Morgan fingerprint density at radius 1 is 0.708 bits per heavy atom. The molecular formula is C23H21N. The van der Waals surface area contributed by atoms with E-state index in [-0.39, 0.29) is 0 Å². The van der Waals surface area contributed by atoms with Crippen LogP contribution in [0.2, 0.25) is 0 Å². The molecule has 0 unspecified atom stereocenters. The lowest BCUT2D eigenvalue weighted by Crippen LogP contribution is -2.01. The van der Waals surface area contributed by atoms with E-state index in [9.17, 15) is 0 Å². The summed E-state index contributed by atoms with van der Waals surface area (Å²) in [6.45, 7) is 5.15. The third kappa shape index (κ3) is 2.74. The average Bonchev–Trinajstić information content (AvgIpc) is 2.96. The van der Waals surface area contributed by atoms with E-state index in [2.05, 4.69) is 97.3 Å². The van der Waals surface area contributed by atoms with Crippen molar-refractivity contribution in [3.8, 4) is 11.3 Å². The first-order valence-corrected chi connectivity index (χ1v) is 8.41. The minimum Gasteiger partial charge on any atom is -0.336 e. The number of rotatable bonds is 3. The Kier molecular flexibility index (Phi) is 3.70. The van der Waals surface area contributed by atoms with Crippen LogP contribution in [0.25, 0.3) is 22.2 Å². The highest BCUT2D eigenvalue weighted by Crippen LogP contribution is 2.29. The van der Waals surface area contributed by atoms with E-state index in [1.165, 1.54) is 38.9 Å². The zero-order valence-corrected chi connectivity index (χ0v) is 14.2. The number of aromatic nitrogens is 1. The number of para-hydroxylation sites is 1. The van der Waals surface area contributed by atoms with E-state index in [1.54, 1.807) is 0 Å². The fraction of sp³-hybridized carbons (Fsp3) is 0.130. The second-order valence-electron chi connectivity index (χ2n) is 6.53. The summed E-state index contributed by atoms with van der Waals surface area (Å²) in [5, 5.41) is 1.29. The Hall–Kier alpha value is -2.80. The SMILES string of the molecule is Cc1ccc(Cn2c(-c3ccc(C)cc3)cc3ccccc32)cc1. The highest BCUT2D eigenvalue weighted by Gasteiger charge is 2.10. The van der Waals surface area contributed by atoms with Crippen LogP contribution in [-0.4, -0.2) is 4.57 Å². The molecule has 1 heterocycles. The number of fused-ring (bicyclic) bond motifs is 1. The number of benzene rings is 3. The summed E-state index contributed by atoms with van der Waals surface area (Å²) in [5.74, 6) is 0. The van der Waals surface area contributed by atoms with E-state index in [0.717, 1.165) is 6.54 Å². The van der Waals surface area contributed by atoms with Crippen molar-refractivity contribution in [3.05, 3.63) is 95.6 Å². The van der Waals surface area contributed by atoms with E-state index in [1.807, 2.05) is 0 Å². The summed E-state index contributed by atoms with van der Waals surface area (Å²) in [4.78, 5) is 0. The molecule has 0 bridgehead atoms. The maximum absolute atomic E-state index is 2.42. The fourth-order valence-corrected chi connectivity index (χ4v) is 3.22. The van der Waals surface area contributed by atoms with Gasteiger partial charge in [-0.15, -0.1) is 0 Å². The Morgan fingerprint density at radius 2 is 1.33 bits per heavy atom. The van der Waals surface area contributed by atoms with E-state index in [4.69, 9.17) is 0 Å². The molecule has 1 nitrogen and oxygen atoms in total. The molecule has 0 fully saturated rings. The summed E-state index contributed by atoms with van der Waals surface area (Å²) in [7, 11) is 0. The van der Waals surface area contributed by atoms with Gasteiger partial charge in [0.1, 0.15) is 0 Å². The van der Waals surface area contributed by atoms with Crippen molar-refractivity contribution in [2.24, 2.45) is 0 Å². The highest BCUT2D eigenvalue weighted by atomic mass is 15.0. The van der Waals surface area contributed by atoms with Gasteiger partial charge in [-0.2, -0.15) is 0 Å². The second kappa shape index (κ2) is 6.01. The van der Waals surface area contributed by atoms with Gasteiger partial charge >= 0.3 is 0 Å². The summed E-state index contributed by atoms with van der Waals surface area (Å²) in [6.07, 6.45) is 0. The quantitative estimate of drug-likeness (QED) is 0.439. The van der Waals surface area contributed by atoms with Crippen LogP contribution < -0.4 is 0 Å². The topological polar surface area (TPSA) is 4.93 Å². The zero-order chi connectivity index (χ0) is 16.5. The molecular weight excluding hydrogens is 290 g/mol.